The Morgan fingerprint density at radius 1 is 0.875 bits per heavy atom. The second-order valence-electron chi connectivity index (χ2n) is 5.84. The van der Waals surface area contributed by atoms with Gasteiger partial charge in [0.25, 0.3) is 0 Å². The first kappa shape index (κ1) is 14.5. The lowest BCUT2D eigenvalue weighted by Crippen LogP contribution is -1.91. The maximum absolute atomic E-state index is 5.41. The van der Waals surface area contributed by atoms with Gasteiger partial charge in [0.05, 0.1) is 19.9 Å². The predicted molar refractivity (Wildman–Crippen MR) is 96.8 cm³/mol. The van der Waals surface area contributed by atoms with Gasteiger partial charge in [-0.3, -0.25) is 10.2 Å². The first-order chi connectivity index (χ1) is 11.7. The van der Waals surface area contributed by atoms with E-state index in [4.69, 9.17) is 9.47 Å². The highest BCUT2D eigenvalue weighted by atomic mass is 16.5. The Kier molecular flexibility index (Phi) is 3.34. The van der Waals surface area contributed by atoms with Crippen molar-refractivity contribution in [3.05, 3.63) is 48.0 Å². The number of nitrogens with one attached hydrogen (secondary N) is 3. The van der Waals surface area contributed by atoms with E-state index >= 15 is 0 Å². The quantitative estimate of drug-likeness (QED) is 0.512. The summed E-state index contributed by atoms with van der Waals surface area (Å²) in [6.45, 7) is 2.08. The van der Waals surface area contributed by atoms with E-state index in [1.807, 2.05) is 12.1 Å². The molecular formula is C19H19N3O2. The highest BCUT2D eigenvalue weighted by Gasteiger charge is 2.19. The average molecular weight is 321 g/mol. The molecule has 3 N–H and O–H groups in total. The van der Waals surface area contributed by atoms with Crippen molar-refractivity contribution in [2.45, 2.75) is 6.92 Å². The molecule has 1 aliphatic heterocycles. The Labute approximate surface area is 139 Å². The van der Waals surface area contributed by atoms with E-state index in [9.17, 15) is 0 Å². The molecule has 0 spiro atoms. The number of methoxy groups -OCH3 is 2. The van der Waals surface area contributed by atoms with E-state index in [0.29, 0.717) is 0 Å². The maximum Gasteiger partial charge on any atom is 0.161 e. The van der Waals surface area contributed by atoms with Crippen molar-refractivity contribution in [1.29, 1.82) is 0 Å². The highest BCUT2D eigenvalue weighted by Crippen LogP contribution is 2.42. The van der Waals surface area contributed by atoms with Crippen LogP contribution in [-0.2, 0) is 0 Å². The summed E-state index contributed by atoms with van der Waals surface area (Å²) >= 11 is 0. The van der Waals surface area contributed by atoms with Crippen molar-refractivity contribution in [2.24, 2.45) is 0 Å². The summed E-state index contributed by atoms with van der Waals surface area (Å²) in [5.74, 6) is 2.39. The molecule has 4 rings (SSSR count). The molecule has 5 heteroatoms. The lowest BCUT2D eigenvalue weighted by molar-refractivity contribution is 0.356. The zero-order chi connectivity index (χ0) is 16.7. The second kappa shape index (κ2) is 5.53. The molecule has 0 fully saturated rings. The van der Waals surface area contributed by atoms with E-state index in [2.05, 4.69) is 52.8 Å². The Morgan fingerprint density at radius 3 is 2.29 bits per heavy atom. The topological polar surface area (TPSA) is 62.1 Å². The SMILES string of the molecule is COc1cc2cc3c(Nc4ccc(C)cc4)[nH][nH]c-3c2cc1OC. The summed E-state index contributed by atoms with van der Waals surface area (Å²) < 4.78 is 10.8. The third-order valence-corrected chi connectivity index (χ3v) is 4.30. The van der Waals surface area contributed by atoms with Crippen molar-refractivity contribution >= 4 is 22.3 Å². The molecule has 0 saturated heterocycles. The van der Waals surface area contributed by atoms with Gasteiger partial charge in [-0.25, -0.2) is 0 Å². The number of rotatable bonds is 4. The highest BCUT2D eigenvalue weighted by molar-refractivity contribution is 6.05. The molecule has 1 heterocycles. The normalized spacial score (nSPS) is 11.1. The standard InChI is InChI=1S/C19H19N3O2/c1-11-4-6-13(7-5-11)20-19-15-8-12-9-16(23-2)17(24-3)10-14(12)18(15)21-22-19/h4-10,20-22H,1-3H3. The Bertz CT molecular complexity index is 966. The number of benzene rings is 2. The molecule has 2 aromatic rings. The number of H-pyrrole nitrogens is 2. The molecular weight excluding hydrogens is 302 g/mol. The van der Waals surface area contributed by atoms with Crippen LogP contribution < -0.4 is 14.8 Å². The molecule has 0 unspecified atom stereocenters. The molecule has 0 saturated carbocycles. The first-order valence-electron chi connectivity index (χ1n) is 7.78. The van der Waals surface area contributed by atoms with Crippen LogP contribution in [0.4, 0.5) is 11.5 Å². The molecule has 5 nitrogen and oxygen atoms in total. The van der Waals surface area contributed by atoms with E-state index in [1.165, 1.54) is 5.56 Å². The number of aryl methyl sites for hydroxylation is 1. The minimum atomic E-state index is 0.722. The van der Waals surface area contributed by atoms with E-state index in [0.717, 1.165) is 45.0 Å². The largest absolute Gasteiger partial charge is 0.493 e. The number of hydrogen-bond acceptors (Lipinski definition) is 3. The molecule has 122 valence electrons. The van der Waals surface area contributed by atoms with Crippen molar-refractivity contribution < 1.29 is 9.47 Å². The molecule has 24 heavy (non-hydrogen) atoms. The predicted octanol–water partition coefficient (Wildman–Crippen LogP) is 4.67. The molecule has 0 radical (unpaired) electrons. The van der Waals surface area contributed by atoms with E-state index in [-0.39, 0.29) is 0 Å². The monoisotopic (exact) mass is 321 g/mol. The van der Waals surface area contributed by atoms with Gasteiger partial charge >= 0.3 is 0 Å². The molecule has 2 aromatic carbocycles. The van der Waals surface area contributed by atoms with Crippen LogP contribution in [-0.4, -0.2) is 24.4 Å². The van der Waals surface area contributed by atoms with E-state index < -0.39 is 0 Å². The minimum absolute atomic E-state index is 0.722. The molecule has 0 atom stereocenters. The van der Waals surface area contributed by atoms with Crippen molar-refractivity contribution in [3.63, 3.8) is 0 Å². The summed E-state index contributed by atoms with van der Waals surface area (Å²) in [4.78, 5) is 0. The van der Waals surface area contributed by atoms with Crippen LogP contribution in [0.1, 0.15) is 5.56 Å². The minimum Gasteiger partial charge on any atom is -0.493 e. The summed E-state index contributed by atoms with van der Waals surface area (Å²) in [6.07, 6.45) is 0. The van der Waals surface area contributed by atoms with Crippen LogP contribution in [0.15, 0.2) is 42.5 Å². The Morgan fingerprint density at radius 2 is 1.58 bits per heavy atom. The fourth-order valence-corrected chi connectivity index (χ4v) is 3.01. The van der Waals surface area contributed by atoms with Crippen LogP contribution in [0.3, 0.4) is 0 Å². The fourth-order valence-electron chi connectivity index (χ4n) is 3.01. The third-order valence-electron chi connectivity index (χ3n) is 4.30. The number of ether oxygens (including phenoxy) is 2. The van der Waals surface area contributed by atoms with Crippen molar-refractivity contribution in [2.75, 3.05) is 19.5 Å². The first-order valence-corrected chi connectivity index (χ1v) is 7.78. The van der Waals surface area contributed by atoms with Crippen molar-refractivity contribution in [1.82, 2.24) is 10.2 Å². The van der Waals surface area contributed by atoms with Crippen LogP contribution >= 0.6 is 0 Å². The molecule has 0 bridgehead atoms. The van der Waals surface area contributed by atoms with Gasteiger partial charge in [-0.1, -0.05) is 17.7 Å². The van der Waals surface area contributed by atoms with Gasteiger partial charge < -0.3 is 14.8 Å². The lowest BCUT2D eigenvalue weighted by Gasteiger charge is -2.07. The van der Waals surface area contributed by atoms with Gasteiger partial charge in [0.15, 0.2) is 11.5 Å². The Hall–Kier alpha value is -3.08. The third kappa shape index (κ3) is 2.25. The van der Waals surface area contributed by atoms with Gasteiger partial charge in [0, 0.05) is 16.6 Å². The number of aromatic nitrogens is 2. The van der Waals surface area contributed by atoms with Gasteiger partial charge in [-0.05, 0) is 42.6 Å². The summed E-state index contributed by atoms with van der Waals surface area (Å²) in [7, 11) is 3.30. The number of aromatic amines is 2. The summed E-state index contributed by atoms with van der Waals surface area (Å²) in [6, 6.07) is 14.4. The summed E-state index contributed by atoms with van der Waals surface area (Å²) in [5, 5.41) is 12.1. The van der Waals surface area contributed by atoms with Crippen LogP contribution in [0, 0.1) is 6.92 Å². The van der Waals surface area contributed by atoms with Gasteiger partial charge in [0.1, 0.15) is 5.82 Å². The summed E-state index contributed by atoms with van der Waals surface area (Å²) in [5.41, 5.74) is 4.42. The van der Waals surface area contributed by atoms with E-state index in [1.54, 1.807) is 14.2 Å². The van der Waals surface area contributed by atoms with Crippen molar-refractivity contribution in [3.8, 4) is 22.8 Å². The lowest BCUT2D eigenvalue weighted by atomic mass is 10.2. The second-order valence-corrected chi connectivity index (χ2v) is 5.84. The van der Waals surface area contributed by atoms with Crippen LogP contribution in [0.2, 0.25) is 0 Å². The van der Waals surface area contributed by atoms with Crippen LogP contribution in [0.25, 0.3) is 22.0 Å². The van der Waals surface area contributed by atoms with Crippen LogP contribution in [0.5, 0.6) is 11.5 Å². The molecule has 0 amide bonds. The zero-order valence-electron chi connectivity index (χ0n) is 13.9. The fraction of sp³-hybridized carbons (Fsp3) is 0.158. The Balaban J connectivity index is 1.78. The molecule has 1 aliphatic carbocycles. The van der Waals surface area contributed by atoms with Gasteiger partial charge in [-0.15, -0.1) is 0 Å². The average Bonchev–Trinajstić information content (AvgIpc) is 3.15. The van der Waals surface area contributed by atoms with Gasteiger partial charge in [-0.2, -0.15) is 0 Å². The number of fused-ring (bicyclic) bond motifs is 3. The maximum atomic E-state index is 5.41. The van der Waals surface area contributed by atoms with Gasteiger partial charge in [0.2, 0.25) is 0 Å². The molecule has 2 aliphatic rings. The number of anilines is 2. The molecule has 0 aromatic heterocycles. The number of hydrogen-bond donors (Lipinski definition) is 3. The zero-order valence-corrected chi connectivity index (χ0v) is 13.9. The smallest absolute Gasteiger partial charge is 0.161 e.